The summed E-state index contributed by atoms with van der Waals surface area (Å²) >= 11 is 6.02. The van der Waals surface area contributed by atoms with E-state index < -0.39 is 0 Å². The maximum absolute atomic E-state index is 11.6. The van der Waals surface area contributed by atoms with E-state index in [4.69, 9.17) is 16.3 Å². The number of carbonyl (C=O) groups is 1. The van der Waals surface area contributed by atoms with Crippen LogP contribution in [0.1, 0.15) is 44.1 Å². The van der Waals surface area contributed by atoms with Gasteiger partial charge in [-0.15, -0.1) is 0 Å². The number of carbonyl (C=O) groups excluding carboxylic acids is 1. The third-order valence-electron chi connectivity index (χ3n) is 4.03. The molecule has 1 N–H and O–H groups in total. The molecule has 1 aliphatic rings. The summed E-state index contributed by atoms with van der Waals surface area (Å²) in [5.74, 6) is 0.840. The van der Waals surface area contributed by atoms with Gasteiger partial charge in [0.2, 0.25) is 5.91 Å². The molecule has 116 valence electrons. The van der Waals surface area contributed by atoms with Gasteiger partial charge >= 0.3 is 0 Å². The highest BCUT2D eigenvalue weighted by atomic mass is 35.5. The number of ether oxygens (including phenoxy) is 1. The van der Waals surface area contributed by atoms with Gasteiger partial charge in [-0.25, -0.2) is 0 Å². The highest BCUT2D eigenvalue weighted by molar-refractivity contribution is 6.31. The van der Waals surface area contributed by atoms with Gasteiger partial charge in [0.15, 0.2) is 0 Å². The molecule has 2 rings (SSSR count). The lowest BCUT2D eigenvalue weighted by Gasteiger charge is -2.10. The summed E-state index contributed by atoms with van der Waals surface area (Å²) in [6.07, 6.45) is 7.81. The molecule has 1 amide bonds. The van der Waals surface area contributed by atoms with Crippen LogP contribution >= 0.6 is 11.6 Å². The summed E-state index contributed by atoms with van der Waals surface area (Å²) in [6.45, 7) is 1.22. The average molecular weight is 310 g/mol. The fourth-order valence-corrected chi connectivity index (χ4v) is 3.03. The van der Waals surface area contributed by atoms with Gasteiger partial charge in [-0.3, -0.25) is 4.79 Å². The minimum absolute atomic E-state index is 0.0477. The zero-order chi connectivity index (χ0) is 14.9. The summed E-state index contributed by atoms with van der Waals surface area (Å²) in [7, 11) is 0. The lowest BCUT2D eigenvalue weighted by molar-refractivity contribution is -0.126. The fourth-order valence-electron chi connectivity index (χ4n) is 2.84. The second-order valence-electron chi connectivity index (χ2n) is 5.73. The Hall–Kier alpha value is -1.06. The van der Waals surface area contributed by atoms with Crippen molar-refractivity contribution in [2.45, 2.75) is 45.1 Å². The molecule has 1 aromatic carbocycles. The van der Waals surface area contributed by atoms with Crippen LogP contribution in [0.2, 0.25) is 5.02 Å². The Bertz CT molecular complexity index is 444. The van der Waals surface area contributed by atoms with E-state index >= 15 is 0 Å². The van der Waals surface area contributed by atoms with Crippen LogP contribution in [0.4, 0.5) is 0 Å². The van der Waals surface area contributed by atoms with Crippen molar-refractivity contribution >= 4 is 17.5 Å². The van der Waals surface area contributed by atoms with E-state index in [2.05, 4.69) is 5.32 Å². The van der Waals surface area contributed by atoms with Gasteiger partial charge < -0.3 is 10.1 Å². The molecule has 4 heteroatoms. The molecule has 0 aliphatic heterocycles. The third kappa shape index (κ3) is 6.06. The Morgan fingerprint density at radius 2 is 2.05 bits per heavy atom. The second kappa shape index (κ2) is 9.06. The standard InChI is InChI=1S/C17H24ClNO2/c18-16-10-4-3-9-15(16)12-21-13-17(20)19-11-5-8-14-6-1-2-7-14/h3-4,9-10,14H,1-2,5-8,11-13H2,(H,19,20). The maximum atomic E-state index is 11.6. The first-order chi connectivity index (χ1) is 10.3. The highest BCUT2D eigenvalue weighted by Gasteiger charge is 2.14. The number of amides is 1. The Balaban J connectivity index is 1.52. The molecule has 0 radical (unpaired) electrons. The van der Waals surface area contributed by atoms with Gasteiger partial charge in [0.1, 0.15) is 6.61 Å². The molecule has 0 heterocycles. The quantitative estimate of drug-likeness (QED) is 0.739. The third-order valence-corrected chi connectivity index (χ3v) is 4.40. The van der Waals surface area contributed by atoms with Crippen molar-refractivity contribution in [1.29, 1.82) is 0 Å². The summed E-state index contributed by atoms with van der Waals surface area (Å²) in [4.78, 5) is 11.6. The molecule has 0 bridgehead atoms. The summed E-state index contributed by atoms with van der Waals surface area (Å²) in [5.41, 5.74) is 0.910. The van der Waals surface area contributed by atoms with Crippen LogP contribution in [-0.4, -0.2) is 19.1 Å². The highest BCUT2D eigenvalue weighted by Crippen LogP contribution is 2.28. The van der Waals surface area contributed by atoms with Crippen LogP contribution in [0.25, 0.3) is 0 Å². The van der Waals surface area contributed by atoms with Crippen LogP contribution in [-0.2, 0) is 16.1 Å². The van der Waals surface area contributed by atoms with Gasteiger partial charge in [0.05, 0.1) is 6.61 Å². The fraction of sp³-hybridized carbons (Fsp3) is 0.588. The van der Waals surface area contributed by atoms with Crippen molar-refractivity contribution < 1.29 is 9.53 Å². The largest absolute Gasteiger partial charge is 0.367 e. The second-order valence-corrected chi connectivity index (χ2v) is 6.13. The van der Waals surface area contributed by atoms with Gasteiger partial charge in [-0.2, -0.15) is 0 Å². The minimum Gasteiger partial charge on any atom is -0.367 e. The van der Waals surface area contributed by atoms with E-state index in [9.17, 15) is 4.79 Å². The van der Waals surface area contributed by atoms with Crippen molar-refractivity contribution in [2.24, 2.45) is 5.92 Å². The SMILES string of the molecule is O=C(COCc1ccccc1Cl)NCCCC1CCCC1. The molecule has 3 nitrogen and oxygen atoms in total. The van der Waals surface area contributed by atoms with Gasteiger partial charge in [0, 0.05) is 11.6 Å². The molecule has 0 unspecified atom stereocenters. The Morgan fingerprint density at radius 1 is 1.29 bits per heavy atom. The molecule has 21 heavy (non-hydrogen) atoms. The zero-order valence-corrected chi connectivity index (χ0v) is 13.2. The van der Waals surface area contributed by atoms with E-state index in [-0.39, 0.29) is 12.5 Å². The van der Waals surface area contributed by atoms with Crippen LogP contribution in [0.5, 0.6) is 0 Å². The van der Waals surface area contributed by atoms with Crippen molar-refractivity contribution in [2.75, 3.05) is 13.2 Å². The van der Waals surface area contributed by atoms with Crippen molar-refractivity contribution in [3.63, 3.8) is 0 Å². The van der Waals surface area contributed by atoms with Gasteiger partial charge in [0.25, 0.3) is 0 Å². The molecular weight excluding hydrogens is 286 g/mol. The number of hydrogen-bond acceptors (Lipinski definition) is 2. The summed E-state index contributed by atoms with van der Waals surface area (Å²) < 4.78 is 5.40. The minimum atomic E-state index is -0.0477. The van der Waals surface area contributed by atoms with Crippen molar-refractivity contribution in [1.82, 2.24) is 5.32 Å². The maximum Gasteiger partial charge on any atom is 0.246 e. The molecule has 0 saturated heterocycles. The first kappa shape index (κ1) is 16.3. The first-order valence-corrected chi connectivity index (χ1v) is 8.21. The topological polar surface area (TPSA) is 38.3 Å². The van der Waals surface area contributed by atoms with Crippen LogP contribution < -0.4 is 5.32 Å². The molecule has 1 aromatic rings. The molecule has 0 atom stereocenters. The molecule has 1 saturated carbocycles. The van der Waals surface area contributed by atoms with E-state index in [1.807, 2.05) is 24.3 Å². The lowest BCUT2D eigenvalue weighted by atomic mass is 10.0. The predicted octanol–water partition coefficient (Wildman–Crippen LogP) is 3.94. The Labute approximate surface area is 132 Å². The molecule has 1 aliphatic carbocycles. The Kier molecular flexibility index (Phi) is 7.04. The van der Waals surface area contributed by atoms with Crippen LogP contribution in [0.15, 0.2) is 24.3 Å². The summed E-state index contributed by atoms with van der Waals surface area (Å²) in [5, 5.41) is 3.59. The van der Waals surface area contributed by atoms with Crippen LogP contribution in [0.3, 0.4) is 0 Å². The van der Waals surface area contributed by atoms with E-state index in [0.717, 1.165) is 24.4 Å². The predicted molar refractivity (Wildman–Crippen MR) is 85.3 cm³/mol. The lowest BCUT2D eigenvalue weighted by Crippen LogP contribution is -2.28. The monoisotopic (exact) mass is 309 g/mol. The van der Waals surface area contributed by atoms with Crippen molar-refractivity contribution in [3.8, 4) is 0 Å². The molecule has 1 fully saturated rings. The van der Waals surface area contributed by atoms with Crippen molar-refractivity contribution in [3.05, 3.63) is 34.9 Å². The molecule has 0 spiro atoms. The van der Waals surface area contributed by atoms with Gasteiger partial charge in [-0.05, 0) is 30.4 Å². The molecule has 0 aromatic heterocycles. The number of halogens is 1. The summed E-state index contributed by atoms with van der Waals surface area (Å²) in [6, 6.07) is 7.52. The van der Waals surface area contributed by atoms with E-state index in [1.54, 1.807) is 0 Å². The average Bonchev–Trinajstić information content (AvgIpc) is 2.99. The normalized spacial score (nSPS) is 15.3. The first-order valence-electron chi connectivity index (χ1n) is 7.83. The smallest absolute Gasteiger partial charge is 0.246 e. The van der Waals surface area contributed by atoms with E-state index in [0.29, 0.717) is 11.6 Å². The Morgan fingerprint density at radius 3 is 2.81 bits per heavy atom. The van der Waals surface area contributed by atoms with Gasteiger partial charge in [-0.1, -0.05) is 55.5 Å². The number of rotatable bonds is 8. The van der Waals surface area contributed by atoms with Crippen LogP contribution in [0, 0.1) is 5.92 Å². The van der Waals surface area contributed by atoms with E-state index in [1.165, 1.54) is 32.1 Å². The molecular formula is C17H24ClNO2. The zero-order valence-electron chi connectivity index (χ0n) is 12.4. The number of hydrogen-bond donors (Lipinski definition) is 1. The number of benzene rings is 1. The number of nitrogens with one attached hydrogen (secondary N) is 1.